The quantitative estimate of drug-likeness (QED) is 0.190. The molecule has 10 nitrogen and oxygen atoms in total. The molecule has 5 rings (SSSR count). The van der Waals surface area contributed by atoms with Gasteiger partial charge in [0.05, 0.1) is 23.9 Å². The minimum Gasteiger partial charge on any atom is -0.442 e. The van der Waals surface area contributed by atoms with Gasteiger partial charge in [-0.2, -0.15) is 15.0 Å². The molecule has 1 atom stereocenters. The maximum absolute atomic E-state index is 13.8. The minimum absolute atomic E-state index is 0.00654. The lowest BCUT2D eigenvalue weighted by molar-refractivity contribution is 0.0441. The van der Waals surface area contributed by atoms with Crippen molar-refractivity contribution in [3.05, 3.63) is 86.5 Å². The van der Waals surface area contributed by atoms with E-state index in [1.165, 1.54) is 4.68 Å². The van der Waals surface area contributed by atoms with E-state index in [2.05, 4.69) is 21.2 Å². The molecule has 1 aromatic heterocycles. The molecule has 0 radical (unpaired) electrons. The second-order valence-corrected chi connectivity index (χ2v) is 11.2. The van der Waals surface area contributed by atoms with Gasteiger partial charge in [-0.25, -0.2) is 4.79 Å². The average Bonchev–Trinajstić information content (AvgIpc) is 3.68. The van der Waals surface area contributed by atoms with E-state index in [1.54, 1.807) is 50.4 Å². The van der Waals surface area contributed by atoms with Gasteiger partial charge in [-0.3, -0.25) is 4.79 Å². The van der Waals surface area contributed by atoms with Crippen LogP contribution in [0, 0.1) is 11.3 Å². The van der Waals surface area contributed by atoms with E-state index in [0.717, 1.165) is 36.1 Å². The summed E-state index contributed by atoms with van der Waals surface area (Å²) in [5.74, 6) is -0.0791. The topological polar surface area (TPSA) is 137 Å². The van der Waals surface area contributed by atoms with Crippen molar-refractivity contribution >= 4 is 23.6 Å². The summed E-state index contributed by atoms with van der Waals surface area (Å²) in [5, 5.41) is 17.8. The first-order valence-corrected chi connectivity index (χ1v) is 13.5. The van der Waals surface area contributed by atoms with E-state index >= 15 is 0 Å². The van der Waals surface area contributed by atoms with Crippen LogP contribution in [0.5, 0.6) is 0 Å². The number of azide groups is 1. The first-order chi connectivity index (χ1) is 19.2. The van der Waals surface area contributed by atoms with Gasteiger partial charge < -0.3 is 9.64 Å². The van der Waals surface area contributed by atoms with Gasteiger partial charge in [0.25, 0.3) is 5.91 Å². The predicted octanol–water partition coefficient (Wildman–Crippen LogP) is 6.31. The van der Waals surface area contributed by atoms with Gasteiger partial charge in [0.15, 0.2) is 0 Å². The fraction of sp³-hybridized carbons (Fsp3) is 0.379. The third-order valence-corrected chi connectivity index (χ3v) is 7.55. The number of hydrogen-bond donors (Lipinski definition) is 0. The van der Waals surface area contributed by atoms with Crippen LogP contribution in [0.1, 0.15) is 60.3 Å². The molecule has 1 saturated carbocycles. The van der Waals surface area contributed by atoms with E-state index in [4.69, 9.17) is 21.9 Å². The zero-order chi connectivity index (χ0) is 28.4. The van der Waals surface area contributed by atoms with Crippen LogP contribution >= 0.6 is 11.6 Å². The lowest BCUT2D eigenvalue weighted by atomic mass is 9.91. The van der Waals surface area contributed by atoms with Crippen molar-refractivity contribution in [2.75, 3.05) is 6.54 Å². The average molecular weight is 558 g/mol. The van der Waals surface area contributed by atoms with Gasteiger partial charge in [0, 0.05) is 44.9 Å². The van der Waals surface area contributed by atoms with E-state index < -0.39 is 11.7 Å². The van der Waals surface area contributed by atoms with Crippen molar-refractivity contribution in [3.63, 3.8) is 0 Å². The largest absolute Gasteiger partial charge is 0.442 e. The van der Waals surface area contributed by atoms with Crippen molar-refractivity contribution in [2.24, 2.45) is 5.11 Å². The summed E-state index contributed by atoms with van der Waals surface area (Å²) in [6.07, 6.45) is 4.85. The molecule has 1 fully saturated rings. The summed E-state index contributed by atoms with van der Waals surface area (Å²) < 4.78 is 6.68. The summed E-state index contributed by atoms with van der Waals surface area (Å²) in [5.41, 5.74) is 11.8. The van der Waals surface area contributed by atoms with Gasteiger partial charge >= 0.3 is 6.09 Å². The van der Waals surface area contributed by atoms with Crippen LogP contribution in [0.15, 0.2) is 53.8 Å². The van der Waals surface area contributed by atoms with Crippen LogP contribution in [0.4, 0.5) is 4.79 Å². The molecule has 11 heteroatoms. The Labute approximate surface area is 236 Å². The van der Waals surface area contributed by atoms with Gasteiger partial charge in [-0.05, 0) is 75.2 Å². The monoisotopic (exact) mass is 557 g/mol. The standard InChI is InChI=1S/C29H28ClN7O3/c1-29(2,17-33-35-32)40-28(39)36-16-20-13-22(10-12-26(20)34-36)37(21-8-9-21)27(38)18-7-11-24(25(30)14-18)23-6-4-3-5-19(23)15-31/h3-7,11,14,16,21-22H,8-10,12-13,17H2,1-2H3. The predicted molar refractivity (Wildman–Crippen MR) is 149 cm³/mol. The summed E-state index contributed by atoms with van der Waals surface area (Å²) in [6.45, 7) is 3.34. The number of rotatable bonds is 7. The highest BCUT2D eigenvalue weighted by atomic mass is 35.5. The number of aromatic nitrogens is 2. The molecule has 1 unspecified atom stereocenters. The van der Waals surface area contributed by atoms with Gasteiger partial charge in [0.2, 0.25) is 0 Å². The Bertz CT molecular complexity index is 1560. The first kappa shape index (κ1) is 27.3. The second-order valence-electron chi connectivity index (χ2n) is 10.8. The molecule has 3 aromatic rings. The summed E-state index contributed by atoms with van der Waals surface area (Å²) in [4.78, 5) is 31.2. The normalized spacial score (nSPS) is 16.3. The fourth-order valence-corrected chi connectivity index (χ4v) is 5.43. The number of carbonyl (C=O) groups excluding carboxylic acids is 2. The maximum atomic E-state index is 13.8. The molecular formula is C29H28ClN7O3. The molecule has 0 saturated heterocycles. The highest BCUT2D eigenvalue weighted by Crippen LogP contribution is 2.36. The summed E-state index contributed by atoms with van der Waals surface area (Å²) >= 11 is 6.64. The number of fused-ring (bicyclic) bond motifs is 1. The summed E-state index contributed by atoms with van der Waals surface area (Å²) in [7, 11) is 0. The number of carbonyl (C=O) groups is 2. The SMILES string of the molecule is CC(C)(CN=[N+]=[N-])OC(=O)n1cc2c(n1)CCC(N(C(=O)c1ccc(-c3ccccc3C#N)c(Cl)c1)C1CC1)C2. The Hall–Kier alpha value is -4.32. The highest BCUT2D eigenvalue weighted by Gasteiger charge is 2.40. The number of benzene rings is 2. The number of aryl methyl sites for hydroxylation is 1. The van der Waals surface area contributed by atoms with E-state index in [-0.39, 0.29) is 24.5 Å². The fourth-order valence-electron chi connectivity index (χ4n) is 5.15. The molecule has 2 aromatic carbocycles. The van der Waals surface area contributed by atoms with Crippen molar-refractivity contribution < 1.29 is 14.3 Å². The molecule has 204 valence electrons. The number of nitriles is 1. The van der Waals surface area contributed by atoms with Crippen molar-refractivity contribution in [2.45, 2.75) is 63.6 Å². The Balaban J connectivity index is 1.34. The van der Waals surface area contributed by atoms with Gasteiger partial charge in [0.1, 0.15) is 5.60 Å². The molecule has 2 aliphatic rings. The van der Waals surface area contributed by atoms with E-state index in [0.29, 0.717) is 34.6 Å². The lowest BCUT2D eigenvalue weighted by Crippen LogP contribution is -2.44. The molecule has 0 bridgehead atoms. The Morgan fingerprint density at radius 3 is 2.70 bits per heavy atom. The molecule has 0 spiro atoms. The Kier molecular flexibility index (Phi) is 7.53. The third kappa shape index (κ3) is 5.67. The zero-order valence-corrected chi connectivity index (χ0v) is 23.0. The van der Waals surface area contributed by atoms with Crippen molar-refractivity contribution in [3.8, 4) is 17.2 Å². The third-order valence-electron chi connectivity index (χ3n) is 7.23. The zero-order valence-electron chi connectivity index (χ0n) is 22.2. The lowest BCUT2D eigenvalue weighted by Gasteiger charge is -2.34. The smallest absolute Gasteiger partial charge is 0.435 e. The van der Waals surface area contributed by atoms with Crippen LogP contribution in [-0.4, -0.2) is 50.9 Å². The molecule has 0 aliphatic heterocycles. The minimum atomic E-state index is -0.971. The molecular weight excluding hydrogens is 530 g/mol. The number of hydrogen-bond acceptors (Lipinski definition) is 6. The Morgan fingerprint density at radius 2 is 2.00 bits per heavy atom. The van der Waals surface area contributed by atoms with E-state index in [1.807, 2.05) is 17.0 Å². The van der Waals surface area contributed by atoms with Crippen LogP contribution < -0.4 is 0 Å². The highest BCUT2D eigenvalue weighted by molar-refractivity contribution is 6.33. The van der Waals surface area contributed by atoms with Crippen LogP contribution in [0.3, 0.4) is 0 Å². The van der Waals surface area contributed by atoms with Gasteiger partial charge in [-0.1, -0.05) is 41.0 Å². The van der Waals surface area contributed by atoms with Crippen LogP contribution in [-0.2, 0) is 17.6 Å². The first-order valence-electron chi connectivity index (χ1n) is 13.1. The Morgan fingerprint density at radius 1 is 1.23 bits per heavy atom. The molecule has 40 heavy (non-hydrogen) atoms. The number of nitrogens with zero attached hydrogens (tertiary/aromatic N) is 7. The number of halogens is 1. The molecule has 0 N–H and O–H groups in total. The van der Waals surface area contributed by atoms with Crippen LogP contribution in [0.25, 0.3) is 21.6 Å². The number of ether oxygens (including phenoxy) is 1. The van der Waals surface area contributed by atoms with Crippen LogP contribution in [0.2, 0.25) is 5.02 Å². The van der Waals surface area contributed by atoms with Crippen molar-refractivity contribution in [1.82, 2.24) is 14.7 Å². The van der Waals surface area contributed by atoms with E-state index in [9.17, 15) is 14.9 Å². The summed E-state index contributed by atoms with van der Waals surface area (Å²) in [6, 6.07) is 14.8. The molecule has 1 heterocycles. The van der Waals surface area contributed by atoms with Gasteiger partial charge in [-0.15, -0.1) is 0 Å². The molecule has 2 aliphatic carbocycles. The molecule has 1 amide bonds. The number of amides is 1. The second kappa shape index (κ2) is 11.0. The maximum Gasteiger partial charge on any atom is 0.435 e. The van der Waals surface area contributed by atoms with Crippen molar-refractivity contribution in [1.29, 1.82) is 5.26 Å².